The van der Waals surface area contributed by atoms with Crippen molar-refractivity contribution in [3.63, 3.8) is 0 Å². The zero-order valence-electron chi connectivity index (χ0n) is 13.1. The molecule has 0 amide bonds. The Labute approximate surface area is 126 Å². The van der Waals surface area contributed by atoms with E-state index in [1.807, 2.05) is 38.1 Å². The van der Waals surface area contributed by atoms with Crippen molar-refractivity contribution in [2.75, 3.05) is 0 Å². The monoisotopic (exact) mass is 282 g/mol. The van der Waals surface area contributed by atoms with Crippen LogP contribution >= 0.6 is 0 Å². The van der Waals surface area contributed by atoms with Crippen LogP contribution in [0.5, 0.6) is 11.5 Å². The number of hydrogen-bond acceptors (Lipinski definition) is 2. The summed E-state index contributed by atoms with van der Waals surface area (Å²) in [6.45, 7) is 8.22. The molecule has 0 atom stereocenters. The standard InChI is InChI=1S/C19H22O2/c1-5-18(20)16-7-6-8-17(11-16)21-19-12-15(13(2)3)10-9-14(19)4/h6-13H,5H2,1-4H3. The van der Waals surface area contributed by atoms with Crippen LogP contribution in [0.4, 0.5) is 0 Å². The number of benzene rings is 2. The second-order valence-corrected chi connectivity index (χ2v) is 5.59. The first-order valence-corrected chi connectivity index (χ1v) is 7.43. The van der Waals surface area contributed by atoms with Gasteiger partial charge in [0.25, 0.3) is 0 Å². The van der Waals surface area contributed by atoms with Crippen molar-refractivity contribution < 1.29 is 9.53 Å². The van der Waals surface area contributed by atoms with E-state index in [0.29, 0.717) is 23.7 Å². The number of Topliss-reactive ketones (excluding diaryl/α,β-unsaturated/α-hetero) is 1. The molecule has 0 fully saturated rings. The molecular formula is C19H22O2. The molecule has 0 aliphatic carbocycles. The molecule has 0 saturated carbocycles. The van der Waals surface area contributed by atoms with Crippen molar-refractivity contribution in [1.82, 2.24) is 0 Å². The number of aryl methyl sites for hydroxylation is 1. The highest BCUT2D eigenvalue weighted by atomic mass is 16.5. The van der Waals surface area contributed by atoms with Gasteiger partial charge >= 0.3 is 0 Å². The molecule has 0 radical (unpaired) electrons. The summed E-state index contributed by atoms with van der Waals surface area (Å²) in [5.74, 6) is 2.15. The molecule has 0 aliphatic rings. The number of rotatable bonds is 5. The van der Waals surface area contributed by atoms with Crippen LogP contribution < -0.4 is 4.74 Å². The van der Waals surface area contributed by atoms with Crippen LogP contribution in [0.2, 0.25) is 0 Å². The Morgan fingerprint density at radius 2 is 1.90 bits per heavy atom. The number of carbonyl (C=O) groups excluding carboxylic acids is 1. The summed E-state index contributed by atoms with van der Waals surface area (Å²) in [5.41, 5.74) is 3.04. The molecular weight excluding hydrogens is 260 g/mol. The van der Waals surface area contributed by atoms with Gasteiger partial charge in [-0.25, -0.2) is 0 Å². The van der Waals surface area contributed by atoms with Crippen LogP contribution in [-0.2, 0) is 0 Å². The third-order valence-electron chi connectivity index (χ3n) is 3.58. The van der Waals surface area contributed by atoms with Crippen molar-refractivity contribution >= 4 is 5.78 Å². The van der Waals surface area contributed by atoms with Gasteiger partial charge in [-0.05, 0) is 42.2 Å². The van der Waals surface area contributed by atoms with Gasteiger partial charge in [0.15, 0.2) is 5.78 Å². The van der Waals surface area contributed by atoms with E-state index in [-0.39, 0.29) is 5.78 Å². The lowest BCUT2D eigenvalue weighted by Gasteiger charge is -2.13. The smallest absolute Gasteiger partial charge is 0.162 e. The van der Waals surface area contributed by atoms with Crippen LogP contribution in [0.1, 0.15) is 54.6 Å². The minimum absolute atomic E-state index is 0.133. The van der Waals surface area contributed by atoms with Crippen molar-refractivity contribution in [2.24, 2.45) is 0 Å². The molecule has 0 bridgehead atoms. The predicted octanol–water partition coefficient (Wildman–Crippen LogP) is 5.50. The summed E-state index contributed by atoms with van der Waals surface area (Å²) < 4.78 is 5.98. The van der Waals surface area contributed by atoms with E-state index in [1.54, 1.807) is 0 Å². The molecule has 2 heteroatoms. The average molecular weight is 282 g/mol. The molecule has 0 spiro atoms. The summed E-state index contributed by atoms with van der Waals surface area (Å²) in [4.78, 5) is 11.8. The lowest BCUT2D eigenvalue weighted by Crippen LogP contribution is -1.97. The summed E-state index contributed by atoms with van der Waals surface area (Å²) in [7, 11) is 0. The van der Waals surface area contributed by atoms with Crippen LogP contribution in [-0.4, -0.2) is 5.78 Å². The zero-order chi connectivity index (χ0) is 15.4. The fourth-order valence-corrected chi connectivity index (χ4v) is 2.15. The van der Waals surface area contributed by atoms with Crippen LogP contribution in [0.25, 0.3) is 0 Å². The molecule has 2 nitrogen and oxygen atoms in total. The van der Waals surface area contributed by atoms with Crippen molar-refractivity contribution in [3.05, 3.63) is 59.2 Å². The van der Waals surface area contributed by atoms with Gasteiger partial charge in [-0.15, -0.1) is 0 Å². The van der Waals surface area contributed by atoms with E-state index in [4.69, 9.17) is 4.74 Å². The van der Waals surface area contributed by atoms with Gasteiger partial charge in [0, 0.05) is 12.0 Å². The van der Waals surface area contributed by atoms with Gasteiger partial charge in [0.2, 0.25) is 0 Å². The van der Waals surface area contributed by atoms with Crippen LogP contribution in [0.3, 0.4) is 0 Å². The van der Waals surface area contributed by atoms with Crippen LogP contribution in [0.15, 0.2) is 42.5 Å². The number of ether oxygens (including phenoxy) is 1. The Morgan fingerprint density at radius 1 is 1.14 bits per heavy atom. The third-order valence-corrected chi connectivity index (χ3v) is 3.58. The van der Waals surface area contributed by atoms with E-state index in [9.17, 15) is 4.79 Å². The maximum absolute atomic E-state index is 11.8. The molecule has 0 saturated heterocycles. The van der Waals surface area contributed by atoms with Crippen molar-refractivity contribution in [3.8, 4) is 11.5 Å². The lowest BCUT2D eigenvalue weighted by molar-refractivity contribution is 0.0988. The van der Waals surface area contributed by atoms with Gasteiger partial charge in [0.1, 0.15) is 11.5 Å². The predicted molar refractivity (Wildman–Crippen MR) is 86.4 cm³/mol. The molecule has 0 aliphatic heterocycles. The SMILES string of the molecule is CCC(=O)c1cccc(Oc2cc(C(C)C)ccc2C)c1. The quantitative estimate of drug-likeness (QED) is 0.676. The van der Waals surface area contributed by atoms with Crippen molar-refractivity contribution in [1.29, 1.82) is 0 Å². The van der Waals surface area contributed by atoms with Gasteiger partial charge in [-0.2, -0.15) is 0 Å². The van der Waals surface area contributed by atoms with E-state index in [1.165, 1.54) is 5.56 Å². The van der Waals surface area contributed by atoms with Crippen molar-refractivity contribution in [2.45, 2.75) is 40.0 Å². The molecule has 0 unspecified atom stereocenters. The summed E-state index contributed by atoms with van der Waals surface area (Å²) in [6.07, 6.45) is 0.505. The normalized spacial score (nSPS) is 10.7. The first-order chi connectivity index (χ1) is 10.0. The molecule has 0 heterocycles. The van der Waals surface area contributed by atoms with E-state index >= 15 is 0 Å². The summed E-state index contributed by atoms with van der Waals surface area (Å²) in [6, 6.07) is 13.7. The molecule has 110 valence electrons. The molecule has 2 rings (SSSR count). The minimum atomic E-state index is 0.133. The zero-order valence-corrected chi connectivity index (χ0v) is 13.1. The Kier molecular flexibility index (Phi) is 4.79. The van der Waals surface area contributed by atoms with E-state index in [2.05, 4.69) is 32.0 Å². The molecule has 0 aromatic heterocycles. The summed E-state index contributed by atoms with van der Waals surface area (Å²) >= 11 is 0. The molecule has 0 N–H and O–H groups in total. The lowest BCUT2D eigenvalue weighted by atomic mass is 10.0. The second-order valence-electron chi connectivity index (χ2n) is 5.59. The Balaban J connectivity index is 2.29. The fourth-order valence-electron chi connectivity index (χ4n) is 2.15. The summed E-state index contributed by atoms with van der Waals surface area (Å²) in [5, 5.41) is 0. The van der Waals surface area contributed by atoms with Gasteiger partial charge in [-0.3, -0.25) is 4.79 Å². The average Bonchev–Trinajstić information content (AvgIpc) is 2.48. The van der Waals surface area contributed by atoms with E-state index < -0.39 is 0 Å². The second kappa shape index (κ2) is 6.57. The topological polar surface area (TPSA) is 26.3 Å². The minimum Gasteiger partial charge on any atom is -0.457 e. The van der Waals surface area contributed by atoms with E-state index in [0.717, 1.165) is 11.3 Å². The van der Waals surface area contributed by atoms with Crippen LogP contribution in [0, 0.1) is 6.92 Å². The Bertz CT molecular complexity index is 642. The first-order valence-electron chi connectivity index (χ1n) is 7.43. The highest BCUT2D eigenvalue weighted by molar-refractivity contribution is 5.96. The highest BCUT2D eigenvalue weighted by Crippen LogP contribution is 2.29. The molecule has 2 aromatic carbocycles. The maximum Gasteiger partial charge on any atom is 0.162 e. The largest absolute Gasteiger partial charge is 0.457 e. The third kappa shape index (κ3) is 3.72. The molecule has 21 heavy (non-hydrogen) atoms. The van der Waals surface area contributed by atoms with Gasteiger partial charge < -0.3 is 4.74 Å². The fraction of sp³-hybridized carbons (Fsp3) is 0.316. The Morgan fingerprint density at radius 3 is 2.57 bits per heavy atom. The highest BCUT2D eigenvalue weighted by Gasteiger charge is 2.08. The molecule has 2 aromatic rings. The van der Waals surface area contributed by atoms with Gasteiger partial charge in [0.05, 0.1) is 0 Å². The Hall–Kier alpha value is -2.09. The maximum atomic E-state index is 11.8. The number of carbonyl (C=O) groups is 1. The van der Waals surface area contributed by atoms with Gasteiger partial charge in [-0.1, -0.05) is 45.0 Å². The first kappa shape index (κ1) is 15.3. The number of hydrogen-bond donors (Lipinski definition) is 0. The number of ketones is 1.